The predicted molar refractivity (Wildman–Crippen MR) is 81.2 cm³/mol. The van der Waals surface area contributed by atoms with E-state index < -0.39 is 0 Å². The number of benzene rings is 1. The third kappa shape index (κ3) is 2.35. The smallest absolute Gasteiger partial charge is 0.114 e. The lowest BCUT2D eigenvalue weighted by Crippen LogP contribution is -2.43. The summed E-state index contributed by atoms with van der Waals surface area (Å²) in [6.45, 7) is 1.00. The number of halogens is 1. The lowest BCUT2D eigenvalue weighted by atomic mass is 9.68. The molecule has 1 saturated carbocycles. The molecule has 0 amide bonds. The molecule has 0 unspecified atom stereocenters. The minimum absolute atomic E-state index is 0.225. The van der Waals surface area contributed by atoms with Crippen molar-refractivity contribution in [3.05, 3.63) is 40.8 Å². The summed E-state index contributed by atoms with van der Waals surface area (Å²) < 4.78 is 1.10. The van der Waals surface area contributed by atoms with Crippen molar-refractivity contribution >= 4 is 15.9 Å². The minimum Gasteiger partial charge on any atom is -0.342 e. The topological polar surface area (TPSA) is 40.7 Å². The molecule has 0 saturated heterocycles. The van der Waals surface area contributed by atoms with E-state index >= 15 is 0 Å². The Morgan fingerprint density at radius 1 is 1.32 bits per heavy atom. The maximum Gasteiger partial charge on any atom is 0.114 e. The van der Waals surface area contributed by atoms with Crippen molar-refractivity contribution in [1.29, 1.82) is 0 Å². The van der Waals surface area contributed by atoms with Gasteiger partial charge in [-0.1, -0.05) is 34.5 Å². The lowest BCUT2D eigenvalue weighted by Gasteiger charge is -2.40. The molecule has 0 bridgehead atoms. The van der Waals surface area contributed by atoms with Gasteiger partial charge in [-0.05, 0) is 37.6 Å². The molecule has 0 spiro atoms. The molecule has 100 valence electrons. The van der Waals surface area contributed by atoms with Crippen molar-refractivity contribution in [2.45, 2.75) is 24.7 Å². The molecule has 4 heteroatoms. The van der Waals surface area contributed by atoms with E-state index in [0.29, 0.717) is 0 Å². The minimum atomic E-state index is 0.225. The number of nitrogens with zero attached hydrogens (tertiary/aromatic N) is 1. The van der Waals surface area contributed by atoms with Gasteiger partial charge < -0.3 is 10.3 Å². The van der Waals surface area contributed by atoms with E-state index in [4.69, 9.17) is 0 Å². The van der Waals surface area contributed by atoms with Gasteiger partial charge in [-0.2, -0.15) is 0 Å². The maximum atomic E-state index is 4.62. The average molecular weight is 320 g/mol. The van der Waals surface area contributed by atoms with Crippen molar-refractivity contribution in [1.82, 2.24) is 15.3 Å². The zero-order chi connectivity index (χ0) is 13.3. The van der Waals surface area contributed by atoms with Gasteiger partial charge >= 0.3 is 0 Å². The Morgan fingerprint density at radius 2 is 2.05 bits per heavy atom. The van der Waals surface area contributed by atoms with Crippen LogP contribution in [-0.2, 0) is 5.41 Å². The Kier molecular flexibility index (Phi) is 3.46. The largest absolute Gasteiger partial charge is 0.342 e. The number of likely N-dealkylation sites (N-methyl/N-ethyl adjacent to an activating group) is 1. The van der Waals surface area contributed by atoms with Gasteiger partial charge in [0.1, 0.15) is 5.82 Å². The summed E-state index contributed by atoms with van der Waals surface area (Å²) in [7, 11) is 2.01. The van der Waals surface area contributed by atoms with Gasteiger partial charge in [0.15, 0.2) is 0 Å². The zero-order valence-corrected chi connectivity index (χ0v) is 12.6. The molecule has 1 aromatic heterocycles. The predicted octanol–water partition coefficient (Wildman–Crippen LogP) is 3.48. The highest BCUT2D eigenvalue weighted by Crippen LogP contribution is 2.42. The third-order valence-electron chi connectivity index (χ3n) is 4.06. The second-order valence-electron chi connectivity index (χ2n) is 5.32. The van der Waals surface area contributed by atoms with E-state index in [1.54, 1.807) is 0 Å². The highest BCUT2D eigenvalue weighted by molar-refractivity contribution is 9.10. The first-order chi connectivity index (χ1) is 9.23. The van der Waals surface area contributed by atoms with Crippen LogP contribution in [0.2, 0.25) is 0 Å². The summed E-state index contributed by atoms with van der Waals surface area (Å²) in [4.78, 5) is 8.13. The van der Waals surface area contributed by atoms with Crippen LogP contribution in [-0.4, -0.2) is 23.6 Å². The molecular weight excluding hydrogens is 302 g/mol. The fourth-order valence-corrected chi connectivity index (χ4v) is 3.07. The molecule has 2 aromatic rings. The van der Waals surface area contributed by atoms with Crippen LogP contribution < -0.4 is 5.32 Å². The van der Waals surface area contributed by atoms with Gasteiger partial charge in [0.2, 0.25) is 0 Å². The van der Waals surface area contributed by atoms with Crippen LogP contribution in [0.3, 0.4) is 0 Å². The number of nitrogens with one attached hydrogen (secondary N) is 2. The molecule has 1 aromatic carbocycles. The Bertz CT molecular complexity index is 555. The molecule has 2 N–H and O–H groups in total. The maximum absolute atomic E-state index is 4.62. The van der Waals surface area contributed by atoms with Gasteiger partial charge in [0.05, 0.1) is 11.9 Å². The number of aromatic amines is 1. The van der Waals surface area contributed by atoms with Crippen LogP contribution in [0.5, 0.6) is 0 Å². The molecule has 1 aliphatic carbocycles. The second-order valence-corrected chi connectivity index (χ2v) is 6.23. The molecule has 0 radical (unpaired) electrons. The van der Waals surface area contributed by atoms with Crippen LogP contribution in [0.4, 0.5) is 0 Å². The van der Waals surface area contributed by atoms with Gasteiger partial charge in [0, 0.05) is 16.4 Å². The van der Waals surface area contributed by atoms with Gasteiger partial charge in [-0.3, -0.25) is 0 Å². The summed E-state index contributed by atoms with van der Waals surface area (Å²) in [6.07, 6.45) is 5.70. The molecule has 0 aliphatic heterocycles. The fraction of sp³-hybridized carbons (Fsp3) is 0.400. The number of H-pyrrole nitrogens is 1. The highest BCUT2D eigenvalue weighted by atomic mass is 79.9. The third-order valence-corrected chi connectivity index (χ3v) is 4.59. The van der Waals surface area contributed by atoms with Crippen LogP contribution in [0.15, 0.2) is 34.9 Å². The van der Waals surface area contributed by atoms with E-state index in [1.165, 1.54) is 24.8 Å². The Labute approximate surface area is 122 Å². The molecule has 1 aliphatic rings. The van der Waals surface area contributed by atoms with E-state index in [1.807, 2.05) is 13.2 Å². The summed E-state index contributed by atoms with van der Waals surface area (Å²) in [6, 6.07) is 8.32. The molecule has 1 heterocycles. The van der Waals surface area contributed by atoms with Crippen LogP contribution in [0, 0.1) is 0 Å². The highest BCUT2D eigenvalue weighted by Gasteiger charge is 2.40. The van der Waals surface area contributed by atoms with Crippen LogP contribution in [0.25, 0.3) is 11.3 Å². The summed E-state index contributed by atoms with van der Waals surface area (Å²) in [5.74, 6) is 1.13. The quantitative estimate of drug-likeness (QED) is 0.905. The van der Waals surface area contributed by atoms with E-state index in [9.17, 15) is 0 Å². The summed E-state index contributed by atoms with van der Waals surface area (Å²) in [5, 5.41) is 3.30. The first kappa shape index (κ1) is 12.9. The first-order valence-corrected chi connectivity index (χ1v) is 7.49. The second kappa shape index (κ2) is 5.10. The molecule has 1 fully saturated rings. The molecule has 19 heavy (non-hydrogen) atoms. The molecular formula is C15H18BrN3. The zero-order valence-electron chi connectivity index (χ0n) is 11.0. The molecule has 0 atom stereocenters. The molecule has 3 nitrogen and oxygen atoms in total. The number of hydrogen-bond acceptors (Lipinski definition) is 2. The number of aromatic nitrogens is 2. The number of rotatable bonds is 4. The lowest BCUT2D eigenvalue weighted by molar-refractivity contribution is 0.226. The van der Waals surface area contributed by atoms with Crippen molar-refractivity contribution < 1.29 is 0 Å². The standard InChI is InChI=1S/C15H18BrN3/c1-17-10-15(7-2-8-15)14-18-9-13(19-14)11-3-5-12(16)6-4-11/h3-6,9,17H,2,7-8,10H2,1H3,(H,18,19). The average Bonchev–Trinajstić information content (AvgIpc) is 2.84. The number of imidazole rings is 1. The summed E-state index contributed by atoms with van der Waals surface area (Å²) in [5.41, 5.74) is 2.51. The molecule has 3 rings (SSSR count). The van der Waals surface area contributed by atoms with Gasteiger partial charge in [-0.25, -0.2) is 4.98 Å². The van der Waals surface area contributed by atoms with Crippen LogP contribution in [0.1, 0.15) is 25.1 Å². The van der Waals surface area contributed by atoms with Crippen molar-refractivity contribution in [3.8, 4) is 11.3 Å². The normalized spacial score (nSPS) is 17.2. The SMILES string of the molecule is CNCC1(c2ncc(-c3ccc(Br)cc3)[nH]2)CCC1. The summed E-state index contributed by atoms with van der Waals surface area (Å²) >= 11 is 3.46. The Morgan fingerprint density at radius 3 is 2.63 bits per heavy atom. The van der Waals surface area contributed by atoms with Crippen molar-refractivity contribution in [2.75, 3.05) is 13.6 Å². The van der Waals surface area contributed by atoms with Crippen molar-refractivity contribution in [3.63, 3.8) is 0 Å². The first-order valence-electron chi connectivity index (χ1n) is 6.70. The van der Waals surface area contributed by atoms with Crippen molar-refractivity contribution in [2.24, 2.45) is 0 Å². The Hall–Kier alpha value is -1.13. The monoisotopic (exact) mass is 319 g/mol. The van der Waals surface area contributed by atoms with Crippen LogP contribution >= 0.6 is 15.9 Å². The fourth-order valence-electron chi connectivity index (χ4n) is 2.81. The van der Waals surface area contributed by atoms with E-state index in [2.05, 4.69) is 55.5 Å². The van der Waals surface area contributed by atoms with Gasteiger partial charge in [-0.15, -0.1) is 0 Å². The Balaban J connectivity index is 1.88. The van der Waals surface area contributed by atoms with Gasteiger partial charge in [0.25, 0.3) is 0 Å². The van der Waals surface area contributed by atoms with E-state index in [0.717, 1.165) is 22.5 Å². The number of hydrogen-bond donors (Lipinski definition) is 2. The van der Waals surface area contributed by atoms with E-state index in [-0.39, 0.29) is 5.41 Å².